The number of ether oxygens (including phenoxy) is 2. The molecule has 0 aliphatic heterocycles. The van der Waals surface area contributed by atoms with Gasteiger partial charge in [0.15, 0.2) is 11.3 Å². The number of alkyl halides is 3. The molecular formula is C20H15F3N6O3. The van der Waals surface area contributed by atoms with Crippen LogP contribution in [-0.2, 0) is 6.18 Å². The molecule has 0 aliphatic rings. The van der Waals surface area contributed by atoms with Crippen LogP contribution in [0.1, 0.15) is 16.1 Å². The van der Waals surface area contributed by atoms with E-state index in [9.17, 15) is 18.0 Å². The first-order chi connectivity index (χ1) is 15.3. The largest absolute Gasteiger partial charge is 0.481 e. The van der Waals surface area contributed by atoms with Gasteiger partial charge in [-0.15, -0.1) is 0 Å². The molecule has 9 nitrogen and oxygen atoms in total. The number of nitrogens with one attached hydrogen (secondary N) is 1. The number of fused-ring (bicyclic) bond motifs is 1. The van der Waals surface area contributed by atoms with Crippen LogP contribution in [0, 0.1) is 0 Å². The lowest BCUT2D eigenvalue weighted by Crippen LogP contribution is -2.17. The molecule has 0 bridgehead atoms. The van der Waals surface area contributed by atoms with E-state index >= 15 is 0 Å². The Bertz CT molecular complexity index is 1280. The number of carbonyl (C=O) groups excluding carboxylic acids is 1. The second-order valence-corrected chi connectivity index (χ2v) is 6.41. The smallest absolute Gasteiger partial charge is 0.417 e. The van der Waals surface area contributed by atoms with Crippen molar-refractivity contribution < 1.29 is 27.4 Å². The van der Waals surface area contributed by atoms with Gasteiger partial charge in [-0.1, -0.05) is 18.2 Å². The zero-order valence-electron chi connectivity index (χ0n) is 16.7. The van der Waals surface area contributed by atoms with E-state index in [1.807, 2.05) is 0 Å². The summed E-state index contributed by atoms with van der Waals surface area (Å²) in [5.41, 5.74) is -0.696. The fraction of sp³-hybridized carbons (Fsp3) is 0.150. The number of anilines is 1. The number of benzene rings is 1. The molecule has 0 spiro atoms. The summed E-state index contributed by atoms with van der Waals surface area (Å²) >= 11 is 0. The monoisotopic (exact) mass is 444 g/mol. The Hall–Kier alpha value is -4.22. The van der Waals surface area contributed by atoms with Crippen molar-refractivity contribution in [2.75, 3.05) is 19.5 Å². The summed E-state index contributed by atoms with van der Waals surface area (Å²) in [5.74, 6) is -0.454. The normalized spacial score (nSPS) is 11.4. The van der Waals surface area contributed by atoms with Crippen LogP contribution in [0.4, 0.5) is 19.1 Å². The lowest BCUT2D eigenvalue weighted by atomic mass is 10.0. The van der Waals surface area contributed by atoms with Crippen molar-refractivity contribution in [1.29, 1.82) is 0 Å². The van der Waals surface area contributed by atoms with Gasteiger partial charge in [0.2, 0.25) is 17.7 Å². The lowest BCUT2D eigenvalue weighted by molar-refractivity contribution is -0.137. The van der Waals surface area contributed by atoms with E-state index in [1.54, 1.807) is 0 Å². The Morgan fingerprint density at radius 3 is 2.38 bits per heavy atom. The van der Waals surface area contributed by atoms with E-state index in [-0.39, 0.29) is 40.3 Å². The van der Waals surface area contributed by atoms with Crippen LogP contribution in [0.2, 0.25) is 0 Å². The number of imidazole rings is 1. The third-order valence-electron chi connectivity index (χ3n) is 4.43. The van der Waals surface area contributed by atoms with E-state index < -0.39 is 17.6 Å². The maximum Gasteiger partial charge on any atom is 0.417 e. The van der Waals surface area contributed by atoms with Gasteiger partial charge in [0.1, 0.15) is 0 Å². The second-order valence-electron chi connectivity index (χ2n) is 6.41. The Morgan fingerprint density at radius 2 is 1.72 bits per heavy atom. The van der Waals surface area contributed by atoms with E-state index in [0.29, 0.717) is 0 Å². The molecule has 0 unspecified atom stereocenters. The summed E-state index contributed by atoms with van der Waals surface area (Å²) in [6, 6.07) is 9.35. The number of amides is 1. The second kappa shape index (κ2) is 8.13. The van der Waals surface area contributed by atoms with Gasteiger partial charge in [-0.2, -0.15) is 28.2 Å². The minimum Gasteiger partial charge on any atom is -0.481 e. The first kappa shape index (κ1) is 21.0. The third kappa shape index (κ3) is 4.02. The van der Waals surface area contributed by atoms with Crippen molar-refractivity contribution in [3.63, 3.8) is 0 Å². The summed E-state index contributed by atoms with van der Waals surface area (Å²) in [6.45, 7) is 0. The van der Waals surface area contributed by atoms with Crippen LogP contribution >= 0.6 is 0 Å². The highest BCUT2D eigenvalue weighted by Gasteiger charge is 2.33. The van der Waals surface area contributed by atoms with Crippen molar-refractivity contribution in [2.45, 2.75) is 6.18 Å². The summed E-state index contributed by atoms with van der Waals surface area (Å²) in [5, 5.41) is 6.69. The fourth-order valence-corrected chi connectivity index (χ4v) is 2.96. The fourth-order valence-electron chi connectivity index (χ4n) is 2.96. The highest BCUT2D eigenvalue weighted by Crippen LogP contribution is 2.36. The summed E-state index contributed by atoms with van der Waals surface area (Å²) in [4.78, 5) is 24.9. The zero-order valence-corrected chi connectivity index (χ0v) is 16.7. The predicted octanol–water partition coefficient (Wildman–Crippen LogP) is 3.47. The minimum absolute atomic E-state index is 0.0248. The molecule has 0 atom stereocenters. The molecule has 0 radical (unpaired) electrons. The number of halogens is 3. The van der Waals surface area contributed by atoms with Gasteiger partial charge in [-0.05, 0) is 18.2 Å². The number of nitrogens with zero attached hydrogens (tertiary/aromatic N) is 5. The molecule has 1 N–H and O–H groups in total. The highest BCUT2D eigenvalue weighted by atomic mass is 19.4. The van der Waals surface area contributed by atoms with Crippen LogP contribution < -0.4 is 14.8 Å². The molecule has 4 aromatic rings. The van der Waals surface area contributed by atoms with Crippen LogP contribution in [0.15, 0.2) is 48.7 Å². The number of hydrogen-bond acceptors (Lipinski definition) is 7. The van der Waals surface area contributed by atoms with Crippen LogP contribution in [-0.4, -0.2) is 44.7 Å². The topological polar surface area (TPSA) is 104 Å². The number of rotatable bonds is 5. The molecule has 1 aromatic carbocycles. The van der Waals surface area contributed by atoms with Crippen molar-refractivity contribution in [3.8, 4) is 23.0 Å². The van der Waals surface area contributed by atoms with E-state index in [4.69, 9.17) is 9.47 Å². The first-order valence-electron chi connectivity index (χ1n) is 9.10. The molecule has 1 amide bonds. The van der Waals surface area contributed by atoms with Crippen molar-refractivity contribution in [2.24, 2.45) is 0 Å². The molecule has 0 aliphatic carbocycles. The van der Waals surface area contributed by atoms with E-state index in [1.165, 1.54) is 56.8 Å². The van der Waals surface area contributed by atoms with Gasteiger partial charge < -0.3 is 9.47 Å². The SMILES string of the molecule is COc1cc(OC)nc(NC(=O)c2cnc3ccc(-c4ccccc4C(F)(F)F)nn23)n1. The molecule has 4 rings (SSSR count). The average Bonchev–Trinajstić information content (AvgIpc) is 3.21. The standard InChI is InChI=1S/C20H15F3N6O3/c1-31-16-9-17(32-2)26-19(25-16)27-18(30)14-10-24-15-8-7-13(28-29(14)15)11-5-3-4-6-12(11)20(21,22)23/h3-10H,1-2H3,(H,25,26,27,30). The van der Waals surface area contributed by atoms with Gasteiger partial charge in [-0.25, -0.2) is 9.50 Å². The molecule has 3 aromatic heterocycles. The molecule has 0 saturated heterocycles. The average molecular weight is 444 g/mol. The van der Waals surface area contributed by atoms with Gasteiger partial charge in [0.05, 0.1) is 37.7 Å². The zero-order chi connectivity index (χ0) is 22.9. The highest BCUT2D eigenvalue weighted by molar-refractivity contribution is 6.02. The maximum atomic E-state index is 13.4. The van der Waals surface area contributed by atoms with Crippen molar-refractivity contribution >= 4 is 17.5 Å². The lowest BCUT2D eigenvalue weighted by Gasteiger charge is -2.12. The molecule has 0 saturated carbocycles. The number of hydrogen-bond donors (Lipinski definition) is 1. The van der Waals surface area contributed by atoms with Crippen LogP contribution in [0.3, 0.4) is 0 Å². The quantitative estimate of drug-likeness (QED) is 0.503. The van der Waals surface area contributed by atoms with Crippen molar-refractivity contribution in [1.82, 2.24) is 24.6 Å². The van der Waals surface area contributed by atoms with E-state index in [2.05, 4.69) is 25.4 Å². The van der Waals surface area contributed by atoms with Gasteiger partial charge >= 0.3 is 6.18 Å². The van der Waals surface area contributed by atoms with E-state index in [0.717, 1.165) is 10.6 Å². The number of methoxy groups -OCH3 is 2. The molecule has 3 heterocycles. The maximum absolute atomic E-state index is 13.4. The predicted molar refractivity (Wildman–Crippen MR) is 107 cm³/mol. The number of carbonyl (C=O) groups is 1. The third-order valence-corrected chi connectivity index (χ3v) is 4.43. The summed E-state index contributed by atoms with van der Waals surface area (Å²) < 4.78 is 51.5. The Labute approximate surface area is 178 Å². The van der Waals surface area contributed by atoms with Gasteiger partial charge in [0, 0.05) is 5.56 Å². The Kier molecular flexibility index (Phi) is 5.34. The number of aromatic nitrogens is 5. The molecular weight excluding hydrogens is 429 g/mol. The minimum atomic E-state index is -4.56. The van der Waals surface area contributed by atoms with Crippen LogP contribution in [0.5, 0.6) is 11.8 Å². The molecule has 164 valence electrons. The molecule has 32 heavy (non-hydrogen) atoms. The van der Waals surface area contributed by atoms with Gasteiger partial charge in [-0.3, -0.25) is 10.1 Å². The first-order valence-corrected chi connectivity index (χ1v) is 9.10. The van der Waals surface area contributed by atoms with Gasteiger partial charge in [0.25, 0.3) is 5.91 Å². The summed E-state index contributed by atoms with van der Waals surface area (Å²) in [6.07, 6.45) is -3.32. The Morgan fingerprint density at radius 1 is 1.03 bits per heavy atom. The Balaban J connectivity index is 1.72. The summed E-state index contributed by atoms with van der Waals surface area (Å²) in [7, 11) is 2.78. The molecule has 12 heteroatoms. The van der Waals surface area contributed by atoms with Crippen LogP contribution in [0.25, 0.3) is 16.9 Å². The van der Waals surface area contributed by atoms with Crippen molar-refractivity contribution in [3.05, 3.63) is 59.9 Å². The molecule has 0 fully saturated rings.